The number of hydrogen-bond acceptors (Lipinski definition) is 2. The topological polar surface area (TPSA) is 6.48 Å². The number of rotatable bonds is 4. The van der Waals surface area contributed by atoms with Gasteiger partial charge in [0.05, 0.1) is 0 Å². The molecule has 2 bridgehead atoms. The Kier molecular flexibility index (Phi) is 4.32. The fourth-order valence-electron chi connectivity index (χ4n) is 3.34. The maximum atomic E-state index is 2.75. The third-order valence-corrected chi connectivity index (χ3v) is 4.77. The first-order valence-electron chi connectivity index (χ1n) is 8.12. The van der Waals surface area contributed by atoms with Gasteiger partial charge in [-0.05, 0) is 43.2 Å². The Morgan fingerprint density at radius 3 is 1.37 bits per heavy atom. The molecule has 0 unspecified atom stereocenters. The standard InChI is InChI=1S/C17H34N2/c1-16(2,3)7-9-18-12-15-11-14(18)13-19(15)10-8-17(4,5)6/h14-15H,7-13H2,1-6H3/t14-,15-/m0/s1. The summed E-state index contributed by atoms with van der Waals surface area (Å²) in [5.74, 6) is 0. The van der Waals surface area contributed by atoms with Gasteiger partial charge in [0.25, 0.3) is 0 Å². The zero-order valence-corrected chi connectivity index (χ0v) is 14.0. The molecule has 0 spiro atoms. The van der Waals surface area contributed by atoms with E-state index in [1.54, 1.807) is 0 Å². The molecule has 2 nitrogen and oxygen atoms in total. The number of likely N-dealkylation sites (tertiary alicyclic amines) is 2. The van der Waals surface area contributed by atoms with Gasteiger partial charge < -0.3 is 0 Å². The van der Waals surface area contributed by atoms with E-state index in [4.69, 9.17) is 0 Å². The van der Waals surface area contributed by atoms with Crippen LogP contribution in [-0.2, 0) is 0 Å². The molecule has 2 heterocycles. The van der Waals surface area contributed by atoms with E-state index >= 15 is 0 Å². The molecule has 2 heteroatoms. The lowest BCUT2D eigenvalue weighted by Crippen LogP contribution is -2.47. The molecule has 0 saturated carbocycles. The monoisotopic (exact) mass is 266 g/mol. The molecule has 0 radical (unpaired) electrons. The lowest BCUT2D eigenvalue weighted by molar-refractivity contribution is 0.108. The minimum Gasteiger partial charge on any atom is -0.297 e. The quantitative estimate of drug-likeness (QED) is 0.767. The summed E-state index contributed by atoms with van der Waals surface area (Å²) in [5, 5.41) is 0. The van der Waals surface area contributed by atoms with Crippen molar-refractivity contribution >= 4 is 0 Å². The highest BCUT2D eigenvalue weighted by Gasteiger charge is 2.42. The second-order valence-corrected chi connectivity index (χ2v) is 9.15. The summed E-state index contributed by atoms with van der Waals surface area (Å²) >= 11 is 0. The molecule has 0 amide bonds. The van der Waals surface area contributed by atoms with E-state index < -0.39 is 0 Å². The summed E-state index contributed by atoms with van der Waals surface area (Å²) in [7, 11) is 0. The van der Waals surface area contributed by atoms with E-state index in [9.17, 15) is 0 Å². The SMILES string of the molecule is CC(C)(C)CCN1C[C@@H]2C[C@H]1CN2CCC(C)(C)C. The summed E-state index contributed by atoms with van der Waals surface area (Å²) in [4.78, 5) is 5.51. The van der Waals surface area contributed by atoms with Crippen LogP contribution in [-0.4, -0.2) is 48.1 Å². The summed E-state index contributed by atoms with van der Waals surface area (Å²) in [6.45, 7) is 19.4. The van der Waals surface area contributed by atoms with E-state index in [2.05, 4.69) is 51.3 Å². The van der Waals surface area contributed by atoms with Gasteiger partial charge in [-0.1, -0.05) is 41.5 Å². The predicted molar refractivity (Wildman–Crippen MR) is 83.5 cm³/mol. The number of nitrogens with zero attached hydrogens (tertiary/aromatic N) is 2. The van der Waals surface area contributed by atoms with Gasteiger partial charge in [-0.15, -0.1) is 0 Å². The van der Waals surface area contributed by atoms with Crippen LogP contribution in [0.2, 0.25) is 0 Å². The summed E-state index contributed by atoms with van der Waals surface area (Å²) in [5.41, 5.74) is 0.960. The van der Waals surface area contributed by atoms with Gasteiger partial charge in [0, 0.05) is 25.2 Å². The molecule has 19 heavy (non-hydrogen) atoms. The zero-order valence-electron chi connectivity index (χ0n) is 14.0. The van der Waals surface area contributed by atoms with Crippen LogP contribution < -0.4 is 0 Å². The lowest BCUT2D eigenvalue weighted by Gasteiger charge is -2.36. The van der Waals surface area contributed by atoms with E-state index in [1.165, 1.54) is 45.4 Å². The molecule has 2 aliphatic rings. The van der Waals surface area contributed by atoms with Crippen molar-refractivity contribution in [3.8, 4) is 0 Å². The molecule has 0 N–H and O–H groups in total. The highest BCUT2D eigenvalue weighted by Crippen LogP contribution is 2.33. The molecule has 2 saturated heterocycles. The Bertz CT molecular complexity index is 267. The van der Waals surface area contributed by atoms with E-state index in [-0.39, 0.29) is 0 Å². The van der Waals surface area contributed by atoms with E-state index in [1.807, 2.05) is 0 Å². The average molecular weight is 266 g/mol. The molecule has 2 aliphatic heterocycles. The molecule has 2 rings (SSSR count). The normalized spacial score (nSPS) is 29.4. The average Bonchev–Trinajstić information content (AvgIpc) is 2.80. The van der Waals surface area contributed by atoms with Gasteiger partial charge in [-0.25, -0.2) is 0 Å². The van der Waals surface area contributed by atoms with Gasteiger partial charge in [0.1, 0.15) is 0 Å². The third kappa shape index (κ3) is 4.46. The highest BCUT2D eigenvalue weighted by molar-refractivity contribution is 4.99. The van der Waals surface area contributed by atoms with Crippen molar-refractivity contribution in [1.82, 2.24) is 9.80 Å². The van der Waals surface area contributed by atoms with Gasteiger partial charge in [0.15, 0.2) is 0 Å². The summed E-state index contributed by atoms with van der Waals surface area (Å²) in [6.07, 6.45) is 4.09. The minimum atomic E-state index is 0.480. The van der Waals surface area contributed by atoms with Crippen LogP contribution in [0.25, 0.3) is 0 Å². The lowest BCUT2D eigenvalue weighted by atomic mass is 9.91. The van der Waals surface area contributed by atoms with Crippen molar-refractivity contribution in [1.29, 1.82) is 0 Å². The van der Waals surface area contributed by atoms with Gasteiger partial charge in [-0.2, -0.15) is 0 Å². The van der Waals surface area contributed by atoms with Crippen molar-refractivity contribution in [2.45, 2.75) is 72.9 Å². The van der Waals surface area contributed by atoms with Crippen molar-refractivity contribution in [2.24, 2.45) is 10.8 Å². The Hall–Kier alpha value is -0.0800. The van der Waals surface area contributed by atoms with Crippen molar-refractivity contribution in [3.63, 3.8) is 0 Å². The Balaban J connectivity index is 1.75. The molecular weight excluding hydrogens is 232 g/mol. The molecule has 0 aromatic carbocycles. The second-order valence-electron chi connectivity index (χ2n) is 9.15. The molecular formula is C17H34N2. The fraction of sp³-hybridized carbons (Fsp3) is 1.00. The zero-order chi connectivity index (χ0) is 14.3. The first-order valence-corrected chi connectivity index (χ1v) is 8.12. The smallest absolute Gasteiger partial charge is 0.0239 e. The fourth-order valence-corrected chi connectivity index (χ4v) is 3.34. The maximum absolute atomic E-state index is 2.75. The van der Waals surface area contributed by atoms with Gasteiger partial charge >= 0.3 is 0 Å². The van der Waals surface area contributed by atoms with Crippen LogP contribution in [0.1, 0.15) is 60.8 Å². The Labute approximate surface area is 120 Å². The van der Waals surface area contributed by atoms with Crippen LogP contribution in [0, 0.1) is 10.8 Å². The third-order valence-electron chi connectivity index (χ3n) is 4.77. The summed E-state index contributed by atoms with van der Waals surface area (Å²) < 4.78 is 0. The minimum absolute atomic E-state index is 0.480. The van der Waals surface area contributed by atoms with Crippen LogP contribution in [0.15, 0.2) is 0 Å². The van der Waals surface area contributed by atoms with E-state index in [0.29, 0.717) is 10.8 Å². The first kappa shape index (κ1) is 15.3. The molecule has 0 aliphatic carbocycles. The second kappa shape index (κ2) is 5.37. The Morgan fingerprint density at radius 2 is 1.11 bits per heavy atom. The largest absolute Gasteiger partial charge is 0.297 e. The van der Waals surface area contributed by atoms with Crippen molar-refractivity contribution in [2.75, 3.05) is 26.2 Å². The summed E-state index contributed by atoms with van der Waals surface area (Å²) in [6, 6.07) is 1.71. The molecule has 0 aromatic rings. The predicted octanol–water partition coefficient (Wildman–Crippen LogP) is 3.62. The van der Waals surface area contributed by atoms with Crippen LogP contribution >= 0.6 is 0 Å². The van der Waals surface area contributed by atoms with Crippen LogP contribution in [0.4, 0.5) is 0 Å². The van der Waals surface area contributed by atoms with Crippen molar-refractivity contribution in [3.05, 3.63) is 0 Å². The Morgan fingerprint density at radius 1 is 0.737 bits per heavy atom. The molecule has 2 fully saturated rings. The first-order chi connectivity index (χ1) is 8.64. The molecule has 0 aromatic heterocycles. The van der Waals surface area contributed by atoms with Crippen LogP contribution in [0.5, 0.6) is 0 Å². The number of fused-ring (bicyclic) bond motifs is 2. The molecule has 112 valence electrons. The van der Waals surface area contributed by atoms with E-state index in [0.717, 1.165) is 12.1 Å². The number of piperazine rings is 1. The van der Waals surface area contributed by atoms with Crippen LogP contribution in [0.3, 0.4) is 0 Å². The van der Waals surface area contributed by atoms with Gasteiger partial charge in [0.2, 0.25) is 0 Å². The highest BCUT2D eigenvalue weighted by atomic mass is 15.3. The van der Waals surface area contributed by atoms with Crippen molar-refractivity contribution < 1.29 is 0 Å². The molecule has 2 atom stereocenters. The number of hydrogen-bond donors (Lipinski definition) is 0. The van der Waals surface area contributed by atoms with Gasteiger partial charge in [-0.3, -0.25) is 9.80 Å². The maximum Gasteiger partial charge on any atom is 0.0239 e.